The normalized spacial score (nSPS) is 24.9. The summed E-state index contributed by atoms with van der Waals surface area (Å²) < 4.78 is 118. The second kappa shape index (κ2) is 11.1. The first-order chi connectivity index (χ1) is 19.5. The number of carbonyl (C=O) groups excluding carboxylic acids is 1. The van der Waals surface area contributed by atoms with Crippen molar-refractivity contribution >= 4 is 6.03 Å². The Kier molecular flexibility index (Phi) is 4.26. The van der Waals surface area contributed by atoms with Crippen molar-refractivity contribution < 1.29 is 30.4 Å². The third-order valence-corrected chi connectivity index (χ3v) is 4.39. The molecule has 168 valence electrons. The summed E-state index contributed by atoms with van der Waals surface area (Å²) in [7, 11) is 1.27. The molecule has 1 aliphatic heterocycles. The number of rotatable bonds is 8. The molecule has 1 aliphatic rings. The van der Waals surface area contributed by atoms with E-state index in [1.807, 2.05) is 0 Å². The van der Waals surface area contributed by atoms with Crippen LogP contribution >= 0.6 is 0 Å². The minimum absolute atomic E-state index is 0.297. The third-order valence-electron chi connectivity index (χ3n) is 4.39. The zero-order chi connectivity index (χ0) is 32.9. The summed E-state index contributed by atoms with van der Waals surface area (Å²) >= 11 is 0. The minimum Gasteiger partial charge on any atom is -0.493 e. The molecule has 1 heterocycles. The molecule has 2 aromatic carbocycles. The maximum atomic E-state index is 13.7. The van der Waals surface area contributed by atoms with Crippen LogP contribution in [0.5, 0.6) is 5.75 Å². The molecular weight excluding hydrogens is 393 g/mol. The van der Waals surface area contributed by atoms with E-state index in [4.69, 9.17) is 21.2 Å². The average Bonchev–Trinajstić information content (AvgIpc) is 2.87. The minimum atomic E-state index is -3.04. The van der Waals surface area contributed by atoms with Gasteiger partial charge >= 0.3 is 6.03 Å². The van der Waals surface area contributed by atoms with Crippen LogP contribution in [-0.2, 0) is 13.0 Å². The number of carbonyl (C=O) groups is 1. The van der Waals surface area contributed by atoms with Gasteiger partial charge in [0.15, 0.2) is 0 Å². The molecule has 1 saturated heterocycles. The molecule has 0 saturated carbocycles. The predicted molar refractivity (Wildman–Crippen MR) is 121 cm³/mol. The number of likely N-dealkylation sites (tertiary alicyclic amines) is 1. The van der Waals surface area contributed by atoms with Gasteiger partial charge < -0.3 is 19.9 Å². The van der Waals surface area contributed by atoms with Crippen molar-refractivity contribution in [1.29, 1.82) is 0 Å². The van der Waals surface area contributed by atoms with Crippen LogP contribution in [0.2, 0.25) is 0 Å². The van der Waals surface area contributed by atoms with Gasteiger partial charge in [-0.2, -0.15) is 0 Å². The molecule has 0 spiro atoms. The van der Waals surface area contributed by atoms with Gasteiger partial charge in [-0.05, 0) is 74.1 Å². The lowest BCUT2D eigenvalue weighted by atomic mass is 10.0. The molecule has 0 unspecified atom stereocenters. The van der Waals surface area contributed by atoms with Crippen LogP contribution < -0.4 is 10.1 Å². The van der Waals surface area contributed by atoms with Gasteiger partial charge in [0.1, 0.15) is 11.6 Å². The first kappa shape index (κ1) is 11.9. The van der Waals surface area contributed by atoms with Crippen LogP contribution in [0.25, 0.3) is 0 Å². The summed E-state index contributed by atoms with van der Waals surface area (Å²) in [5.41, 5.74) is -0.480. The lowest BCUT2D eigenvalue weighted by molar-refractivity contribution is 0.127. The van der Waals surface area contributed by atoms with Gasteiger partial charge in [0, 0.05) is 24.6 Å². The first-order valence-corrected chi connectivity index (χ1v) is 9.89. The van der Waals surface area contributed by atoms with Crippen molar-refractivity contribution in [3.63, 3.8) is 0 Å². The standard InChI is InChI=1S/C25H34FN3O2/c1-19(2)18-31-24-10-6-20(7-11-24)16-27-25(30)29(23-12-14-28(3)15-13-23)17-21-4-8-22(26)9-5-21/h4-11,19,23H,12-18H2,1-3H3,(H,27,30)/i6D,7D,10D,11D,14D2,15D2,16D2,18D2. The number of hydrogen-bond donors (Lipinski definition) is 1. The summed E-state index contributed by atoms with van der Waals surface area (Å²) in [6, 6.07) is -0.850. The lowest BCUT2D eigenvalue weighted by Gasteiger charge is -2.37. The highest BCUT2D eigenvalue weighted by Gasteiger charge is 2.27. The number of nitrogens with zero attached hydrogens (tertiary/aromatic N) is 2. The smallest absolute Gasteiger partial charge is 0.318 e. The number of urea groups is 1. The fourth-order valence-corrected chi connectivity index (χ4v) is 2.77. The van der Waals surface area contributed by atoms with E-state index >= 15 is 0 Å². The van der Waals surface area contributed by atoms with Crippen LogP contribution in [0.3, 0.4) is 0 Å². The molecule has 2 amide bonds. The Morgan fingerprint density at radius 1 is 1.26 bits per heavy atom. The molecule has 1 N–H and O–H groups in total. The largest absolute Gasteiger partial charge is 0.493 e. The van der Waals surface area contributed by atoms with Crippen LogP contribution in [-0.4, -0.2) is 48.5 Å². The Morgan fingerprint density at radius 2 is 1.90 bits per heavy atom. The molecule has 0 radical (unpaired) electrons. The molecule has 31 heavy (non-hydrogen) atoms. The van der Waals surface area contributed by atoms with Crippen molar-refractivity contribution in [2.45, 2.75) is 45.8 Å². The number of piperidine rings is 1. The highest BCUT2D eigenvalue weighted by Crippen LogP contribution is 2.19. The molecule has 0 bridgehead atoms. The predicted octanol–water partition coefficient (Wildman–Crippen LogP) is 4.67. The Bertz CT molecular complexity index is 1310. The van der Waals surface area contributed by atoms with E-state index in [0.29, 0.717) is 5.56 Å². The highest BCUT2D eigenvalue weighted by atomic mass is 19.1. The number of benzene rings is 2. The van der Waals surface area contributed by atoms with E-state index in [0.717, 1.165) is 21.9 Å². The summed E-state index contributed by atoms with van der Waals surface area (Å²) in [6.07, 6.45) is -0.711. The number of halogens is 1. The van der Waals surface area contributed by atoms with Crippen molar-refractivity contribution in [3.8, 4) is 5.75 Å². The average molecular weight is 440 g/mol. The molecule has 3 rings (SSSR count). The van der Waals surface area contributed by atoms with Gasteiger partial charge in [0.05, 0.1) is 17.5 Å². The summed E-state index contributed by atoms with van der Waals surface area (Å²) in [4.78, 5) is 15.6. The maximum absolute atomic E-state index is 13.7. The monoisotopic (exact) mass is 439 g/mol. The second-order valence-electron chi connectivity index (χ2n) is 7.33. The van der Waals surface area contributed by atoms with Crippen molar-refractivity contribution in [3.05, 3.63) is 65.4 Å². The van der Waals surface area contributed by atoms with Gasteiger partial charge in [0.2, 0.25) is 0 Å². The zero-order valence-corrected chi connectivity index (χ0v) is 17.7. The summed E-state index contributed by atoms with van der Waals surface area (Å²) in [5, 5.41) is 2.06. The summed E-state index contributed by atoms with van der Waals surface area (Å²) in [6.45, 7) is -7.15. The Labute approximate surface area is 202 Å². The van der Waals surface area contributed by atoms with Crippen molar-refractivity contribution in [1.82, 2.24) is 15.1 Å². The van der Waals surface area contributed by atoms with E-state index in [-0.39, 0.29) is 19.4 Å². The van der Waals surface area contributed by atoms with Crippen LogP contribution in [0.1, 0.15) is 54.3 Å². The number of ether oxygens (including phenoxy) is 1. The van der Waals surface area contributed by atoms with E-state index in [9.17, 15) is 9.18 Å². The maximum Gasteiger partial charge on any atom is 0.318 e. The van der Waals surface area contributed by atoms with E-state index < -0.39 is 85.3 Å². The van der Waals surface area contributed by atoms with Crippen molar-refractivity contribution in [2.75, 3.05) is 26.6 Å². The molecular formula is C25H34FN3O2. The number of hydrogen-bond acceptors (Lipinski definition) is 3. The quantitative estimate of drug-likeness (QED) is 0.650. The first-order valence-electron chi connectivity index (χ1n) is 15.9. The van der Waals surface area contributed by atoms with Gasteiger partial charge in [-0.15, -0.1) is 0 Å². The van der Waals surface area contributed by atoms with Gasteiger partial charge in [-0.25, -0.2) is 9.18 Å². The van der Waals surface area contributed by atoms with Gasteiger partial charge in [0.25, 0.3) is 0 Å². The fourth-order valence-electron chi connectivity index (χ4n) is 2.77. The van der Waals surface area contributed by atoms with Crippen LogP contribution in [0.4, 0.5) is 9.18 Å². The Balaban J connectivity index is 2.03. The van der Waals surface area contributed by atoms with E-state index in [1.54, 1.807) is 0 Å². The second-order valence-corrected chi connectivity index (χ2v) is 7.33. The molecule has 1 fully saturated rings. The van der Waals surface area contributed by atoms with Crippen molar-refractivity contribution in [2.24, 2.45) is 5.92 Å². The fraction of sp³-hybridized carbons (Fsp3) is 0.480. The number of amides is 2. The summed E-state index contributed by atoms with van der Waals surface area (Å²) in [5.74, 6) is -2.02. The SMILES string of the molecule is [2H]c1c([2H])c(C([2H])([2H])NC(=O)N(Cc2ccc(F)cc2)C2CC([2H])([2H])N(C)C([2H])([2H])C2)c([2H])c([2H])c1OC([2H])([2H])C(C)C. The Hall–Kier alpha value is -2.60. The Morgan fingerprint density at radius 3 is 2.52 bits per heavy atom. The van der Waals surface area contributed by atoms with Crippen LogP contribution in [0, 0.1) is 11.7 Å². The molecule has 0 atom stereocenters. The lowest BCUT2D eigenvalue weighted by Crippen LogP contribution is -2.49. The van der Waals surface area contributed by atoms with Gasteiger partial charge in [-0.1, -0.05) is 38.1 Å². The van der Waals surface area contributed by atoms with Gasteiger partial charge in [-0.3, -0.25) is 0 Å². The number of nitrogens with one attached hydrogen (secondary N) is 1. The van der Waals surface area contributed by atoms with E-state index in [2.05, 4.69) is 5.32 Å². The topological polar surface area (TPSA) is 44.8 Å². The zero-order valence-electron chi connectivity index (χ0n) is 29.7. The molecule has 6 heteroatoms. The molecule has 0 aliphatic carbocycles. The van der Waals surface area contributed by atoms with Crippen LogP contribution in [0.15, 0.2) is 48.4 Å². The highest BCUT2D eigenvalue weighted by molar-refractivity contribution is 5.74. The van der Waals surface area contributed by atoms with E-state index in [1.165, 1.54) is 33.0 Å². The molecule has 5 nitrogen and oxygen atoms in total. The third kappa shape index (κ3) is 7.24. The molecule has 2 aromatic rings. The molecule has 0 aromatic heterocycles.